The minimum atomic E-state index is -1.01. The summed E-state index contributed by atoms with van der Waals surface area (Å²) in [7, 11) is 1.51. The maximum atomic E-state index is 14.2. The van der Waals surface area contributed by atoms with Gasteiger partial charge in [0.25, 0.3) is 11.8 Å². The summed E-state index contributed by atoms with van der Waals surface area (Å²) in [5.74, 6) is -2.35. The van der Waals surface area contributed by atoms with E-state index in [-0.39, 0.29) is 24.6 Å². The number of carbonyl (C=O) groups is 3. The van der Waals surface area contributed by atoms with Crippen molar-refractivity contribution in [3.63, 3.8) is 0 Å². The van der Waals surface area contributed by atoms with Crippen LogP contribution in [0, 0.1) is 23.1 Å². The Kier molecular flexibility index (Phi) is 9.36. The number of amides is 2. The fraction of sp³-hybridized carbons (Fsp3) is 0.333. The predicted octanol–water partition coefficient (Wildman–Crippen LogP) is 3.08. The van der Waals surface area contributed by atoms with E-state index < -0.39 is 36.2 Å². The molecule has 0 fully saturated rings. The molecule has 0 saturated carbocycles. The lowest BCUT2D eigenvalue weighted by atomic mass is 10.0. The number of methoxy groups -OCH3 is 1. The Morgan fingerprint density at radius 3 is 2.36 bits per heavy atom. The maximum Gasteiger partial charge on any atom is 0.329 e. The van der Waals surface area contributed by atoms with E-state index in [9.17, 15) is 18.8 Å². The van der Waals surface area contributed by atoms with Crippen LogP contribution in [0.2, 0.25) is 0 Å². The van der Waals surface area contributed by atoms with Crippen molar-refractivity contribution in [2.75, 3.05) is 25.2 Å². The predicted molar refractivity (Wildman–Crippen MR) is 119 cm³/mol. The molecule has 2 aromatic carbocycles. The van der Waals surface area contributed by atoms with Gasteiger partial charge in [0.2, 0.25) is 0 Å². The lowest BCUT2D eigenvalue weighted by Crippen LogP contribution is -2.46. The van der Waals surface area contributed by atoms with Crippen LogP contribution in [0.1, 0.15) is 30.6 Å². The number of anilines is 1. The van der Waals surface area contributed by atoms with Gasteiger partial charge in [0.05, 0.1) is 25.3 Å². The quantitative estimate of drug-likeness (QED) is 0.552. The van der Waals surface area contributed by atoms with E-state index >= 15 is 0 Å². The molecule has 1 unspecified atom stereocenters. The highest BCUT2D eigenvalue weighted by atomic mass is 19.1. The number of para-hydroxylation sites is 1. The SMILES string of the molecule is COc1ccc(C(=O)NC(C(=O)OCC(=O)N(CCC#N)c2ccccc2F)C(C)C)cc1. The van der Waals surface area contributed by atoms with Crippen LogP contribution in [-0.2, 0) is 14.3 Å². The van der Waals surface area contributed by atoms with Crippen molar-refractivity contribution in [2.45, 2.75) is 26.3 Å². The Balaban J connectivity index is 2.06. The van der Waals surface area contributed by atoms with E-state index in [2.05, 4.69) is 5.32 Å². The summed E-state index contributed by atoms with van der Waals surface area (Å²) < 4.78 is 24.4. The molecule has 1 atom stereocenters. The minimum Gasteiger partial charge on any atom is -0.497 e. The van der Waals surface area contributed by atoms with Crippen LogP contribution in [0.3, 0.4) is 0 Å². The third kappa shape index (κ3) is 7.04. The molecule has 8 nitrogen and oxygen atoms in total. The summed E-state index contributed by atoms with van der Waals surface area (Å²) in [4.78, 5) is 38.9. The maximum absolute atomic E-state index is 14.2. The smallest absolute Gasteiger partial charge is 0.329 e. The van der Waals surface area contributed by atoms with Gasteiger partial charge in [-0.15, -0.1) is 0 Å². The molecule has 2 amide bonds. The first-order valence-corrected chi connectivity index (χ1v) is 10.3. The summed E-state index contributed by atoms with van der Waals surface area (Å²) in [5.41, 5.74) is 0.314. The average molecular weight is 455 g/mol. The van der Waals surface area contributed by atoms with Crippen molar-refractivity contribution in [1.29, 1.82) is 5.26 Å². The molecule has 0 aliphatic rings. The number of benzene rings is 2. The fourth-order valence-electron chi connectivity index (χ4n) is 2.98. The standard InChI is InChI=1S/C24H26FN3O5/c1-16(2)22(27-23(30)17-9-11-18(32-3)12-10-17)24(31)33-15-21(29)28(14-6-13-26)20-8-5-4-7-19(20)25/h4-5,7-12,16,22H,6,14-15H2,1-3H3,(H,27,30). The molecular formula is C24H26FN3O5. The molecule has 0 aliphatic carbocycles. The van der Waals surface area contributed by atoms with E-state index in [1.165, 1.54) is 25.3 Å². The Morgan fingerprint density at radius 2 is 1.79 bits per heavy atom. The molecule has 2 rings (SSSR count). The van der Waals surface area contributed by atoms with Crippen molar-refractivity contribution >= 4 is 23.5 Å². The molecule has 1 N–H and O–H groups in total. The second-order valence-corrected chi connectivity index (χ2v) is 7.44. The number of halogens is 1. The lowest BCUT2D eigenvalue weighted by molar-refractivity contribution is -0.150. The molecule has 0 aromatic heterocycles. The molecule has 33 heavy (non-hydrogen) atoms. The van der Waals surface area contributed by atoms with E-state index in [1.807, 2.05) is 6.07 Å². The first-order chi connectivity index (χ1) is 15.8. The van der Waals surface area contributed by atoms with Crippen LogP contribution in [-0.4, -0.2) is 44.1 Å². The van der Waals surface area contributed by atoms with Crippen LogP contribution < -0.4 is 15.0 Å². The first kappa shape index (κ1) is 25.3. The third-order valence-corrected chi connectivity index (χ3v) is 4.79. The highest BCUT2D eigenvalue weighted by Gasteiger charge is 2.28. The Hall–Kier alpha value is -3.93. The van der Waals surface area contributed by atoms with Crippen LogP contribution in [0.5, 0.6) is 5.75 Å². The summed E-state index contributed by atoms with van der Waals surface area (Å²) in [6, 6.07) is 12.9. The molecule has 0 radical (unpaired) electrons. The minimum absolute atomic E-state index is 0.0120. The zero-order valence-corrected chi connectivity index (χ0v) is 18.7. The van der Waals surface area contributed by atoms with E-state index in [0.717, 1.165) is 4.90 Å². The van der Waals surface area contributed by atoms with E-state index in [4.69, 9.17) is 14.7 Å². The number of nitriles is 1. The molecular weight excluding hydrogens is 429 g/mol. The van der Waals surface area contributed by atoms with Gasteiger partial charge in [-0.2, -0.15) is 5.26 Å². The van der Waals surface area contributed by atoms with Gasteiger partial charge in [-0.25, -0.2) is 9.18 Å². The average Bonchev–Trinajstić information content (AvgIpc) is 2.81. The van der Waals surface area contributed by atoms with Gasteiger partial charge < -0.3 is 19.7 Å². The van der Waals surface area contributed by atoms with Gasteiger partial charge in [-0.05, 0) is 42.3 Å². The van der Waals surface area contributed by atoms with Crippen molar-refractivity contribution in [2.24, 2.45) is 5.92 Å². The largest absolute Gasteiger partial charge is 0.497 e. The van der Waals surface area contributed by atoms with Crippen molar-refractivity contribution in [3.8, 4) is 11.8 Å². The number of esters is 1. The van der Waals surface area contributed by atoms with Crippen LogP contribution in [0.4, 0.5) is 10.1 Å². The number of nitrogens with zero attached hydrogens (tertiary/aromatic N) is 2. The van der Waals surface area contributed by atoms with E-state index in [0.29, 0.717) is 11.3 Å². The van der Waals surface area contributed by atoms with Gasteiger partial charge in [0.1, 0.15) is 17.6 Å². The van der Waals surface area contributed by atoms with Gasteiger partial charge in [0.15, 0.2) is 6.61 Å². The summed E-state index contributed by atoms with van der Waals surface area (Å²) in [6.45, 7) is 2.72. The van der Waals surface area contributed by atoms with Gasteiger partial charge in [-0.3, -0.25) is 9.59 Å². The highest BCUT2D eigenvalue weighted by molar-refractivity contribution is 5.98. The molecule has 174 valence electrons. The summed E-state index contributed by atoms with van der Waals surface area (Å²) in [6.07, 6.45) is -0.0272. The zero-order valence-electron chi connectivity index (χ0n) is 18.7. The molecule has 2 aromatic rings. The van der Waals surface area contributed by atoms with Crippen LogP contribution in [0.25, 0.3) is 0 Å². The second-order valence-electron chi connectivity index (χ2n) is 7.44. The topological polar surface area (TPSA) is 109 Å². The Bertz CT molecular complexity index is 1020. The third-order valence-electron chi connectivity index (χ3n) is 4.79. The molecule has 0 aliphatic heterocycles. The van der Waals surface area contributed by atoms with Crippen molar-refractivity contribution in [3.05, 3.63) is 59.9 Å². The number of hydrogen-bond donors (Lipinski definition) is 1. The molecule has 0 bridgehead atoms. The van der Waals surface area contributed by atoms with Gasteiger partial charge in [0, 0.05) is 12.1 Å². The normalized spacial score (nSPS) is 11.3. The highest BCUT2D eigenvalue weighted by Crippen LogP contribution is 2.19. The number of rotatable bonds is 10. The second kappa shape index (κ2) is 12.2. The van der Waals surface area contributed by atoms with E-state index in [1.54, 1.807) is 44.2 Å². The van der Waals surface area contributed by atoms with Gasteiger partial charge in [-0.1, -0.05) is 26.0 Å². The number of nitrogens with one attached hydrogen (secondary N) is 1. The summed E-state index contributed by atoms with van der Waals surface area (Å²) >= 11 is 0. The van der Waals surface area contributed by atoms with Crippen LogP contribution in [0.15, 0.2) is 48.5 Å². The van der Waals surface area contributed by atoms with Crippen LogP contribution >= 0.6 is 0 Å². The first-order valence-electron chi connectivity index (χ1n) is 10.3. The van der Waals surface area contributed by atoms with Crippen molar-refractivity contribution < 1.29 is 28.2 Å². The number of carbonyl (C=O) groups excluding carboxylic acids is 3. The molecule has 9 heteroatoms. The summed E-state index contributed by atoms with van der Waals surface area (Å²) in [5, 5.41) is 11.5. The molecule has 0 heterocycles. The number of hydrogen-bond acceptors (Lipinski definition) is 6. The molecule has 0 spiro atoms. The monoisotopic (exact) mass is 455 g/mol. The Labute approximate surface area is 191 Å². The van der Waals surface area contributed by atoms with Crippen molar-refractivity contribution in [1.82, 2.24) is 5.32 Å². The number of ether oxygens (including phenoxy) is 2. The lowest BCUT2D eigenvalue weighted by Gasteiger charge is -2.24. The molecule has 0 saturated heterocycles. The zero-order chi connectivity index (χ0) is 24.4. The van der Waals surface area contributed by atoms with Gasteiger partial charge >= 0.3 is 5.97 Å². The Morgan fingerprint density at radius 1 is 1.12 bits per heavy atom. The fourth-order valence-corrected chi connectivity index (χ4v) is 2.98.